The molecule has 0 aromatic carbocycles. The van der Waals surface area contributed by atoms with Crippen LogP contribution in [0.15, 0.2) is 60.0 Å². The molecule has 4 rings (SSSR count). The van der Waals surface area contributed by atoms with Gasteiger partial charge in [-0.1, -0.05) is 0 Å². The average molecular weight is 372 g/mol. The minimum atomic E-state index is -0.0370. The molecule has 0 amide bonds. The van der Waals surface area contributed by atoms with E-state index in [1.165, 1.54) is 0 Å². The first kappa shape index (κ1) is 17.9. The number of hydrogen-bond acceptors (Lipinski definition) is 6. The first-order chi connectivity index (χ1) is 13.7. The predicted octanol–water partition coefficient (Wildman–Crippen LogP) is 2.49. The van der Waals surface area contributed by atoms with E-state index in [9.17, 15) is 4.79 Å². The van der Waals surface area contributed by atoms with E-state index < -0.39 is 0 Å². The van der Waals surface area contributed by atoms with Crippen LogP contribution in [0.5, 0.6) is 0 Å². The number of rotatable bonds is 4. The Bertz CT molecular complexity index is 1030. The van der Waals surface area contributed by atoms with Crippen LogP contribution in [0.25, 0.3) is 11.3 Å². The molecule has 0 spiro atoms. The zero-order valence-corrected chi connectivity index (χ0v) is 15.4. The zero-order chi connectivity index (χ0) is 19.3. The molecule has 7 nitrogen and oxygen atoms in total. The minimum Gasteiger partial charge on any atom is -0.357 e. The third kappa shape index (κ3) is 3.91. The van der Waals surface area contributed by atoms with Crippen molar-refractivity contribution in [2.45, 2.75) is 19.4 Å². The molecule has 1 aliphatic heterocycles. The number of nitrogens with zero attached hydrogens (tertiary/aromatic N) is 6. The van der Waals surface area contributed by atoms with E-state index in [0.29, 0.717) is 23.7 Å². The largest absolute Gasteiger partial charge is 0.357 e. The standard InChI is InChI=1S/C21H20N6O/c22-11-17-3-4-20(24-12-17)26-8-5-16(6-9-26)14-27-15-25-19(10-21(27)28)18-2-1-7-23-13-18/h1-4,7,10,12-13,15-16H,5-6,8-9,14H2. The van der Waals surface area contributed by atoms with Crippen LogP contribution in [0, 0.1) is 17.2 Å². The van der Waals surface area contributed by atoms with Crippen molar-refractivity contribution >= 4 is 5.82 Å². The minimum absolute atomic E-state index is 0.0370. The van der Waals surface area contributed by atoms with Crippen molar-refractivity contribution in [1.29, 1.82) is 5.26 Å². The number of piperidine rings is 1. The quantitative estimate of drug-likeness (QED) is 0.699. The molecule has 0 aliphatic carbocycles. The molecular formula is C21H20N6O. The molecule has 140 valence electrons. The molecule has 1 aliphatic rings. The lowest BCUT2D eigenvalue weighted by molar-refractivity contribution is 0.350. The number of aromatic nitrogens is 4. The van der Waals surface area contributed by atoms with E-state index in [-0.39, 0.29) is 5.56 Å². The molecule has 0 atom stereocenters. The number of nitriles is 1. The van der Waals surface area contributed by atoms with Crippen molar-refractivity contribution in [1.82, 2.24) is 19.5 Å². The molecule has 0 saturated carbocycles. The average Bonchev–Trinajstić information content (AvgIpc) is 2.76. The zero-order valence-electron chi connectivity index (χ0n) is 15.4. The molecule has 7 heteroatoms. The summed E-state index contributed by atoms with van der Waals surface area (Å²) in [4.78, 5) is 27.6. The fourth-order valence-corrected chi connectivity index (χ4v) is 3.50. The number of hydrogen-bond donors (Lipinski definition) is 0. The fourth-order valence-electron chi connectivity index (χ4n) is 3.50. The van der Waals surface area contributed by atoms with E-state index >= 15 is 0 Å². The van der Waals surface area contributed by atoms with Gasteiger partial charge < -0.3 is 4.90 Å². The van der Waals surface area contributed by atoms with Crippen LogP contribution in [0.2, 0.25) is 0 Å². The molecule has 3 aromatic heterocycles. The van der Waals surface area contributed by atoms with E-state index in [0.717, 1.165) is 37.3 Å². The van der Waals surface area contributed by atoms with E-state index in [1.807, 2.05) is 18.2 Å². The number of pyridine rings is 2. The number of anilines is 1. The molecule has 0 bridgehead atoms. The fraction of sp³-hybridized carbons (Fsp3) is 0.286. The van der Waals surface area contributed by atoms with Gasteiger partial charge in [-0.15, -0.1) is 0 Å². The molecule has 0 N–H and O–H groups in total. The summed E-state index contributed by atoms with van der Waals surface area (Å²) in [6.07, 6.45) is 8.62. The molecule has 28 heavy (non-hydrogen) atoms. The van der Waals surface area contributed by atoms with Gasteiger partial charge in [0.25, 0.3) is 5.56 Å². The Balaban J connectivity index is 1.38. The van der Waals surface area contributed by atoms with Gasteiger partial charge in [0.2, 0.25) is 0 Å². The summed E-state index contributed by atoms with van der Waals surface area (Å²) < 4.78 is 1.69. The third-order valence-corrected chi connectivity index (χ3v) is 5.11. The highest BCUT2D eigenvalue weighted by atomic mass is 16.1. The van der Waals surface area contributed by atoms with Crippen LogP contribution in [0.3, 0.4) is 0 Å². The van der Waals surface area contributed by atoms with Crippen LogP contribution in [-0.4, -0.2) is 32.6 Å². The second kappa shape index (κ2) is 8.01. The van der Waals surface area contributed by atoms with Crippen LogP contribution in [0.4, 0.5) is 5.82 Å². The summed E-state index contributed by atoms with van der Waals surface area (Å²) in [6, 6.07) is 11.1. The summed E-state index contributed by atoms with van der Waals surface area (Å²) >= 11 is 0. The highest BCUT2D eigenvalue weighted by molar-refractivity contribution is 5.56. The highest BCUT2D eigenvalue weighted by Gasteiger charge is 2.21. The van der Waals surface area contributed by atoms with Crippen molar-refractivity contribution < 1.29 is 0 Å². The van der Waals surface area contributed by atoms with Crippen molar-refractivity contribution in [2.24, 2.45) is 5.92 Å². The highest BCUT2D eigenvalue weighted by Crippen LogP contribution is 2.23. The lowest BCUT2D eigenvalue weighted by Crippen LogP contribution is -2.36. The van der Waals surface area contributed by atoms with Gasteiger partial charge in [-0.05, 0) is 43.0 Å². The summed E-state index contributed by atoms with van der Waals surface area (Å²) in [7, 11) is 0. The van der Waals surface area contributed by atoms with Crippen molar-refractivity contribution in [3.63, 3.8) is 0 Å². The second-order valence-electron chi connectivity index (χ2n) is 6.95. The van der Waals surface area contributed by atoms with Gasteiger partial charge in [-0.2, -0.15) is 5.26 Å². The summed E-state index contributed by atoms with van der Waals surface area (Å²) in [6.45, 7) is 2.45. The van der Waals surface area contributed by atoms with Crippen LogP contribution in [-0.2, 0) is 6.54 Å². The lowest BCUT2D eigenvalue weighted by atomic mass is 9.96. The van der Waals surface area contributed by atoms with Crippen LogP contribution < -0.4 is 10.5 Å². The Morgan fingerprint density at radius 3 is 2.64 bits per heavy atom. The third-order valence-electron chi connectivity index (χ3n) is 5.11. The Kier molecular flexibility index (Phi) is 5.11. The molecule has 1 saturated heterocycles. The van der Waals surface area contributed by atoms with Gasteiger partial charge in [0.05, 0.1) is 17.6 Å². The van der Waals surface area contributed by atoms with Gasteiger partial charge in [0.1, 0.15) is 11.9 Å². The van der Waals surface area contributed by atoms with E-state index in [2.05, 4.69) is 25.9 Å². The Morgan fingerprint density at radius 1 is 1.14 bits per heavy atom. The summed E-state index contributed by atoms with van der Waals surface area (Å²) in [5, 5.41) is 8.88. The molecule has 3 aromatic rings. The van der Waals surface area contributed by atoms with E-state index in [1.54, 1.807) is 41.6 Å². The topological polar surface area (TPSA) is 87.7 Å². The molecule has 1 fully saturated rings. The normalized spacial score (nSPS) is 14.6. The van der Waals surface area contributed by atoms with Crippen LogP contribution >= 0.6 is 0 Å². The van der Waals surface area contributed by atoms with Gasteiger partial charge in [-0.3, -0.25) is 14.3 Å². The Hall–Kier alpha value is -3.53. The predicted molar refractivity (Wildman–Crippen MR) is 106 cm³/mol. The molecular weight excluding hydrogens is 352 g/mol. The van der Waals surface area contributed by atoms with Gasteiger partial charge in [0.15, 0.2) is 0 Å². The van der Waals surface area contributed by atoms with E-state index in [4.69, 9.17) is 5.26 Å². The summed E-state index contributed by atoms with van der Waals surface area (Å²) in [5.74, 6) is 1.33. The monoisotopic (exact) mass is 372 g/mol. The van der Waals surface area contributed by atoms with Gasteiger partial charge >= 0.3 is 0 Å². The lowest BCUT2D eigenvalue weighted by Gasteiger charge is -2.33. The van der Waals surface area contributed by atoms with Crippen LogP contribution in [0.1, 0.15) is 18.4 Å². The van der Waals surface area contributed by atoms with Gasteiger partial charge in [-0.25, -0.2) is 9.97 Å². The second-order valence-corrected chi connectivity index (χ2v) is 6.95. The molecule has 4 heterocycles. The molecule has 0 unspecified atom stereocenters. The SMILES string of the molecule is N#Cc1ccc(N2CCC(Cn3cnc(-c4cccnc4)cc3=O)CC2)nc1. The Morgan fingerprint density at radius 2 is 2.00 bits per heavy atom. The van der Waals surface area contributed by atoms with Crippen molar-refractivity contribution in [3.8, 4) is 17.3 Å². The maximum atomic E-state index is 12.5. The molecule has 0 radical (unpaired) electrons. The maximum absolute atomic E-state index is 12.5. The first-order valence-corrected chi connectivity index (χ1v) is 9.31. The van der Waals surface area contributed by atoms with Crippen molar-refractivity contribution in [3.05, 3.63) is 71.2 Å². The first-order valence-electron chi connectivity index (χ1n) is 9.31. The summed E-state index contributed by atoms with van der Waals surface area (Å²) in [5.41, 5.74) is 2.02. The maximum Gasteiger partial charge on any atom is 0.253 e. The van der Waals surface area contributed by atoms with Crippen molar-refractivity contribution in [2.75, 3.05) is 18.0 Å². The Labute approximate surface area is 162 Å². The van der Waals surface area contributed by atoms with Gasteiger partial charge in [0, 0.05) is 49.9 Å². The smallest absolute Gasteiger partial charge is 0.253 e.